The van der Waals surface area contributed by atoms with Gasteiger partial charge in [0.05, 0.1) is 0 Å². The predicted octanol–water partition coefficient (Wildman–Crippen LogP) is 3.43. The zero-order valence-electron chi connectivity index (χ0n) is 12.2. The first-order valence-corrected chi connectivity index (χ1v) is 7.57. The molecule has 0 fully saturated rings. The van der Waals surface area contributed by atoms with E-state index in [9.17, 15) is 4.39 Å². The zero-order valence-corrected chi connectivity index (χ0v) is 13.0. The Kier molecular flexibility index (Phi) is 6.30. The molecule has 0 aliphatic heterocycles. The number of hydrogen-bond donors (Lipinski definition) is 2. The highest BCUT2D eigenvalue weighted by Gasteiger charge is 2.10. The summed E-state index contributed by atoms with van der Waals surface area (Å²) in [5.74, 6) is 0.738. The molecule has 0 saturated heterocycles. The van der Waals surface area contributed by atoms with Crippen molar-refractivity contribution >= 4 is 11.8 Å². The number of thioether (sulfide) groups is 1. The van der Waals surface area contributed by atoms with E-state index in [0.29, 0.717) is 11.4 Å². The Bertz CT molecular complexity index is 404. The molecule has 0 spiro atoms. The molecular formula is C15H24FNOS. The lowest BCUT2D eigenvalue weighted by Crippen LogP contribution is -2.35. The van der Waals surface area contributed by atoms with E-state index in [1.54, 1.807) is 6.07 Å². The first-order valence-electron chi connectivity index (χ1n) is 6.59. The second-order valence-electron chi connectivity index (χ2n) is 5.97. The molecule has 1 aromatic rings. The Morgan fingerprint density at radius 1 is 1.37 bits per heavy atom. The van der Waals surface area contributed by atoms with E-state index in [4.69, 9.17) is 5.11 Å². The van der Waals surface area contributed by atoms with E-state index in [2.05, 4.69) is 26.1 Å². The van der Waals surface area contributed by atoms with E-state index in [-0.39, 0.29) is 23.9 Å². The van der Waals surface area contributed by atoms with Crippen LogP contribution < -0.4 is 5.32 Å². The molecule has 1 rings (SSSR count). The van der Waals surface area contributed by atoms with Crippen molar-refractivity contribution in [2.45, 2.75) is 44.7 Å². The standard InChI is InChI=1S/C15H24FNOS/c1-11(9-18)10-19-14-6-5-12(7-13(14)16)8-17-15(2,3)4/h5-7,11,17-18H,8-10H2,1-4H3. The van der Waals surface area contributed by atoms with Gasteiger partial charge in [-0.1, -0.05) is 13.0 Å². The monoisotopic (exact) mass is 285 g/mol. The Balaban J connectivity index is 2.59. The second kappa shape index (κ2) is 7.27. The van der Waals surface area contributed by atoms with Crippen molar-refractivity contribution < 1.29 is 9.50 Å². The average Bonchev–Trinajstić information content (AvgIpc) is 2.34. The van der Waals surface area contributed by atoms with Crippen molar-refractivity contribution in [1.29, 1.82) is 0 Å². The van der Waals surface area contributed by atoms with E-state index in [0.717, 1.165) is 11.3 Å². The highest BCUT2D eigenvalue weighted by molar-refractivity contribution is 7.99. The molecular weight excluding hydrogens is 261 g/mol. The first kappa shape index (κ1) is 16.5. The molecule has 0 amide bonds. The lowest BCUT2D eigenvalue weighted by atomic mass is 10.1. The fraction of sp³-hybridized carbons (Fsp3) is 0.600. The molecule has 0 aromatic heterocycles. The van der Waals surface area contributed by atoms with Crippen LogP contribution in [0.4, 0.5) is 4.39 Å². The number of hydrogen-bond acceptors (Lipinski definition) is 3. The summed E-state index contributed by atoms with van der Waals surface area (Å²) in [6, 6.07) is 5.36. The van der Waals surface area contributed by atoms with Gasteiger partial charge in [0, 0.05) is 29.3 Å². The molecule has 4 heteroatoms. The van der Waals surface area contributed by atoms with Gasteiger partial charge in [0.1, 0.15) is 5.82 Å². The molecule has 1 atom stereocenters. The van der Waals surface area contributed by atoms with Crippen molar-refractivity contribution in [2.24, 2.45) is 5.92 Å². The summed E-state index contributed by atoms with van der Waals surface area (Å²) < 4.78 is 13.9. The van der Waals surface area contributed by atoms with Gasteiger partial charge in [-0.2, -0.15) is 0 Å². The summed E-state index contributed by atoms with van der Waals surface area (Å²) in [4.78, 5) is 0.653. The van der Waals surface area contributed by atoms with Gasteiger partial charge < -0.3 is 10.4 Å². The second-order valence-corrected chi connectivity index (χ2v) is 7.03. The summed E-state index contributed by atoms with van der Waals surface area (Å²) in [6.07, 6.45) is 0. The smallest absolute Gasteiger partial charge is 0.137 e. The molecule has 19 heavy (non-hydrogen) atoms. The lowest BCUT2D eigenvalue weighted by Gasteiger charge is -2.20. The Labute approximate surface area is 119 Å². The van der Waals surface area contributed by atoms with Crippen molar-refractivity contribution in [2.75, 3.05) is 12.4 Å². The van der Waals surface area contributed by atoms with Crippen LogP contribution in [0.15, 0.2) is 23.1 Å². The number of aliphatic hydroxyl groups is 1. The van der Waals surface area contributed by atoms with Gasteiger partial charge in [-0.05, 0) is 44.4 Å². The van der Waals surface area contributed by atoms with Gasteiger partial charge in [0.25, 0.3) is 0 Å². The third kappa shape index (κ3) is 6.41. The van der Waals surface area contributed by atoms with Crippen molar-refractivity contribution in [3.05, 3.63) is 29.6 Å². The maximum Gasteiger partial charge on any atom is 0.137 e. The summed E-state index contributed by atoms with van der Waals surface area (Å²) in [7, 11) is 0. The van der Waals surface area contributed by atoms with Gasteiger partial charge >= 0.3 is 0 Å². The number of aliphatic hydroxyl groups excluding tert-OH is 1. The summed E-state index contributed by atoms with van der Waals surface area (Å²) >= 11 is 1.46. The number of nitrogens with one attached hydrogen (secondary N) is 1. The summed E-state index contributed by atoms with van der Waals surface area (Å²) in [5.41, 5.74) is 0.979. The van der Waals surface area contributed by atoms with Crippen molar-refractivity contribution in [3.63, 3.8) is 0 Å². The minimum Gasteiger partial charge on any atom is -0.396 e. The van der Waals surface area contributed by atoms with Gasteiger partial charge in [0.15, 0.2) is 0 Å². The molecule has 0 heterocycles. The Morgan fingerprint density at radius 2 is 2.05 bits per heavy atom. The van der Waals surface area contributed by atoms with Crippen molar-refractivity contribution in [1.82, 2.24) is 5.32 Å². The third-order valence-electron chi connectivity index (χ3n) is 2.65. The van der Waals surface area contributed by atoms with Crippen molar-refractivity contribution in [3.8, 4) is 0 Å². The van der Waals surface area contributed by atoms with Crippen LogP contribution >= 0.6 is 11.8 Å². The zero-order chi connectivity index (χ0) is 14.5. The molecule has 0 aliphatic carbocycles. The number of halogens is 1. The molecule has 2 N–H and O–H groups in total. The highest BCUT2D eigenvalue weighted by Crippen LogP contribution is 2.24. The third-order valence-corrected chi connectivity index (χ3v) is 4.03. The molecule has 0 bridgehead atoms. The maximum atomic E-state index is 13.9. The summed E-state index contributed by atoms with van der Waals surface area (Å²) in [6.45, 7) is 9.02. The minimum atomic E-state index is -0.177. The van der Waals surface area contributed by atoms with Crippen LogP contribution in [0.1, 0.15) is 33.3 Å². The fourth-order valence-corrected chi connectivity index (χ4v) is 2.35. The molecule has 108 valence electrons. The SMILES string of the molecule is CC(CO)CSc1ccc(CNC(C)(C)C)cc1F. The van der Waals surface area contributed by atoms with E-state index in [1.165, 1.54) is 11.8 Å². The topological polar surface area (TPSA) is 32.3 Å². The summed E-state index contributed by atoms with van der Waals surface area (Å²) in [5, 5.41) is 12.3. The van der Waals surface area contributed by atoms with Gasteiger partial charge in [-0.15, -0.1) is 11.8 Å². The number of benzene rings is 1. The van der Waals surface area contributed by atoms with Crippen LogP contribution in [-0.2, 0) is 6.54 Å². The van der Waals surface area contributed by atoms with E-state index >= 15 is 0 Å². The van der Waals surface area contributed by atoms with E-state index in [1.807, 2.05) is 19.1 Å². The van der Waals surface area contributed by atoms with E-state index < -0.39 is 0 Å². The van der Waals surface area contributed by atoms with Gasteiger partial charge in [-0.25, -0.2) is 4.39 Å². The first-order chi connectivity index (χ1) is 8.81. The quantitative estimate of drug-likeness (QED) is 0.785. The maximum absolute atomic E-state index is 13.9. The van der Waals surface area contributed by atoms with Crippen LogP contribution in [0.5, 0.6) is 0 Å². The average molecular weight is 285 g/mol. The Hall–Kier alpha value is -0.580. The van der Waals surface area contributed by atoms with Gasteiger partial charge in [-0.3, -0.25) is 0 Å². The normalized spacial score (nSPS) is 13.6. The van der Waals surface area contributed by atoms with Crippen LogP contribution in [0.2, 0.25) is 0 Å². The largest absolute Gasteiger partial charge is 0.396 e. The molecule has 0 aliphatic rings. The fourth-order valence-electron chi connectivity index (χ4n) is 1.42. The molecule has 2 nitrogen and oxygen atoms in total. The van der Waals surface area contributed by atoms with Crippen LogP contribution in [-0.4, -0.2) is 23.0 Å². The molecule has 1 aromatic carbocycles. The van der Waals surface area contributed by atoms with Crippen LogP contribution in [0.25, 0.3) is 0 Å². The lowest BCUT2D eigenvalue weighted by molar-refractivity contribution is 0.250. The van der Waals surface area contributed by atoms with Crippen LogP contribution in [0, 0.1) is 11.7 Å². The van der Waals surface area contributed by atoms with Gasteiger partial charge in [0.2, 0.25) is 0 Å². The van der Waals surface area contributed by atoms with Crippen LogP contribution in [0.3, 0.4) is 0 Å². The molecule has 0 saturated carbocycles. The highest BCUT2D eigenvalue weighted by atomic mass is 32.2. The predicted molar refractivity (Wildman–Crippen MR) is 80.0 cm³/mol. The molecule has 1 unspecified atom stereocenters. The Morgan fingerprint density at radius 3 is 2.58 bits per heavy atom. The minimum absolute atomic E-state index is 0.0282. The molecule has 0 radical (unpaired) electrons. The number of rotatable bonds is 6.